The van der Waals surface area contributed by atoms with Gasteiger partial charge in [-0.15, -0.1) is 0 Å². The van der Waals surface area contributed by atoms with Crippen LogP contribution in [0.1, 0.15) is 13.8 Å². The molecule has 3 rings (SSSR count). The molecule has 116 valence electrons. The first kappa shape index (κ1) is 15.7. The SMILES string of the molecule is CC1CN(c2ccccc2Sc2ccc(Cl)cc2)CC(C)N1. The molecule has 22 heavy (non-hydrogen) atoms. The average Bonchev–Trinajstić information content (AvgIpc) is 2.49. The minimum atomic E-state index is 0.511. The lowest BCUT2D eigenvalue weighted by molar-refractivity contribution is 0.406. The number of benzene rings is 2. The number of hydrogen-bond acceptors (Lipinski definition) is 3. The zero-order valence-electron chi connectivity index (χ0n) is 12.9. The van der Waals surface area contributed by atoms with Crippen molar-refractivity contribution in [1.29, 1.82) is 0 Å². The van der Waals surface area contributed by atoms with E-state index in [0.717, 1.165) is 18.1 Å². The Morgan fingerprint density at radius 2 is 1.64 bits per heavy atom. The zero-order valence-corrected chi connectivity index (χ0v) is 14.5. The number of nitrogens with zero attached hydrogens (tertiary/aromatic N) is 1. The summed E-state index contributed by atoms with van der Waals surface area (Å²) in [7, 11) is 0. The van der Waals surface area contributed by atoms with Gasteiger partial charge in [-0.1, -0.05) is 35.5 Å². The summed E-state index contributed by atoms with van der Waals surface area (Å²) in [6.45, 7) is 6.58. The molecule has 2 atom stereocenters. The summed E-state index contributed by atoms with van der Waals surface area (Å²) in [6, 6.07) is 17.7. The van der Waals surface area contributed by atoms with Crippen molar-refractivity contribution >= 4 is 29.1 Å². The molecule has 2 nitrogen and oxygen atoms in total. The number of halogens is 1. The van der Waals surface area contributed by atoms with Crippen LogP contribution in [-0.4, -0.2) is 25.2 Å². The fourth-order valence-corrected chi connectivity index (χ4v) is 4.06. The van der Waals surface area contributed by atoms with Gasteiger partial charge in [-0.3, -0.25) is 0 Å². The molecule has 0 spiro atoms. The Balaban J connectivity index is 1.84. The van der Waals surface area contributed by atoms with Crippen LogP contribution in [0.5, 0.6) is 0 Å². The number of nitrogens with one attached hydrogen (secondary N) is 1. The van der Waals surface area contributed by atoms with Crippen LogP contribution in [-0.2, 0) is 0 Å². The minimum absolute atomic E-state index is 0.511. The van der Waals surface area contributed by atoms with Gasteiger partial charge in [-0.25, -0.2) is 0 Å². The monoisotopic (exact) mass is 332 g/mol. The van der Waals surface area contributed by atoms with Gasteiger partial charge >= 0.3 is 0 Å². The van der Waals surface area contributed by atoms with Gasteiger partial charge in [-0.2, -0.15) is 0 Å². The van der Waals surface area contributed by atoms with Crippen molar-refractivity contribution in [3.63, 3.8) is 0 Å². The van der Waals surface area contributed by atoms with Crippen molar-refractivity contribution in [3.8, 4) is 0 Å². The summed E-state index contributed by atoms with van der Waals surface area (Å²) in [6.07, 6.45) is 0. The van der Waals surface area contributed by atoms with Crippen LogP contribution in [0.3, 0.4) is 0 Å². The highest BCUT2D eigenvalue weighted by atomic mass is 35.5. The second kappa shape index (κ2) is 6.95. The third kappa shape index (κ3) is 3.78. The molecule has 1 N–H and O–H groups in total. The molecule has 1 aliphatic rings. The summed E-state index contributed by atoms with van der Waals surface area (Å²) < 4.78 is 0. The molecular formula is C18H21ClN2S. The van der Waals surface area contributed by atoms with Gasteiger partial charge in [0.05, 0.1) is 5.69 Å². The molecule has 0 aromatic heterocycles. The summed E-state index contributed by atoms with van der Waals surface area (Å²) in [4.78, 5) is 5.00. The maximum absolute atomic E-state index is 5.98. The molecule has 4 heteroatoms. The van der Waals surface area contributed by atoms with Gasteiger partial charge < -0.3 is 10.2 Å². The predicted molar refractivity (Wildman–Crippen MR) is 96.3 cm³/mol. The summed E-state index contributed by atoms with van der Waals surface area (Å²) >= 11 is 7.77. The van der Waals surface area contributed by atoms with Crippen LogP contribution < -0.4 is 10.2 Å². The van der Waals surface area contributed by atoms with E-state index >= 15 is 0 Å². The van der Waals surface area contributed by atoms with Crippen molar-refractivity contribution in [2.75, 3.05) is 18.0 Å². The maximum Gasteiger partial charge on any atom is 0.0509 e. The molecule has 1 heterocycles. The standard InChI is InChI=1S/C18H21ClN2S/c1-13-11-21(12-14(2)20-13)17-5-3-4-6-18(17)22-16-9-7-15(19)8-10-16/h3-10,13-14,20H,11-12H2,1-2H3. The average molecular weight is 333 g/mol. The highest BCUT2D eigenvalue weighted by Crippen LogP contribution is 2.36. The molecule has 2 aromatic rings. The quantitative estimate of drug-likeness (QED) is 0.878. The largest absolute Gasteiger partial charge is 0.368 e. The lowest BCUT2D eigenvalue weighted by atomic mass is 10.1. The molecule has 2 unspecified atom stereocenters. The van der Waals surface area contributed by atoms with E-state index < -0.39 is 0 Å². The second-order valence-corrected chi connectivity index (χ2v) is 7.45. The van der Waals surface area contributed by atoms with E-state index in [4.69, 9.17) is 11.6 Å². The Hall–Kier alpha value is -1.16. The molecule has 2 aromatic carbocycles. The summed E-state index contributed by atoms with van der Waals surface area (Å²) in [5.74, 6) is 0. The normalized spacial score (nSPS) is 21.9. The zero-order chi connectivity index (χ0) is 15.5. The summed E-state index contributed by atoms with van der Waals surface area (Å²) in [5, 5.41) is 4.37. The topological polar surface area (TPSA) is 15.3 Å². The van der Waals surface area contributed by atoms with E-state index in [9.17, 15) is 0 Å². The maximum atomic E-state index is 5.98. The van der Waals surface area contributed by atoms with Crippen LogP contribution in [0.15, 0.2) is 58.3 Å². The Morgan fingerprint density at radius 1 is 1.00 bits per heavy atom. The van der Waals surface area contributed by atoms with E-state index in [1.807, 2.05) is 12.1 Å². The number of hydrogen-bond donors (Lipinski definition) is 1. The van der Waals surface area contributed by atoms with E-state index in [-0.39, 0.29) is 0 Å². The Labute approximate surface area is 141 Å². The fraction of sp³-hybridized carbons (Fsp3) is 0.333. The first-order chi connectivity index (χ1) is 10.6. The van der Waals surface area contributed by atoms with Gasteiger partial charge in [-0.05, 0) is 50.2 Å². The van der Waals surface area contributed by atoms with Gasteiger partial charge in [0.25, 0.3) is 0 Å². The van der Waals surface area contributed by atoms with Crippen molar-refractivity contribution in [1.82, 2.24) is 5.32 Å². The third-order valence-corrected chi connectivity index (χ3v) is 5.13. The Morgan fingerprint density at radius 3 is 2.32 bits per heavy atom. The molecule has 0 aliphatic carbocycles. The Kier molecular flexibility index (Phi) is 4.97. The predicted octanol–water partition coefficient (Wildman–Crippen LogP) is 4.68. The molecular weight excluding hydrogens is 312 g/mol. The van der Waals surface area contributed by atoms with E-state index in [1.54, 1.807) is 11.8 Å². The highest BCUT2D eigenvalue weighted by Gasteiger charge is 2.22. The lowest BCUT2D eigenvalue weighted by Crippen LogP contribution is -2.54. The molecule has 1 aliphatic heterocycles. The van der Waals surface area contributed by atoms with Crippen LogP contribution in [0.25, 0.3) is 0 Å². The number of para-hydroxylation sites is 1. The third-order valence-electron chi connectivity index (χ3n) is 3.80. The van der Waals surface area contributed by atoms with Crippen LogP contribution in [0.4, 0.5) is 5.69 Å². The van der Waals surface area contributed by atoms with Crippen molar-refractivity contribution < 1.29 is 0 Å². The first-order valence-corrected chi connectivity index (χ1v) is 8.85. The van der Waals surface area contributed by atoms with Gasteiger partial charge in [0.15, 0.2) is 0 Å². The van der Waals surface area contributed by atoms with Crippen molar-refractivity contribution in [2.45, 2.75) is 35.7 Å². The van der Waals surface area contributed by atoms with Crippen molar-refractivity contribution in [3.05, 3.63) is 53.6 Å². The molecule has 0 radical (unpaired) electrons. The number of rotatable bonds is 3. The number of anilines is 1. The molecule has 1 saturated heterocycles. The van der Waals surface area contributed by atoms with Gasteiger partial charge in [0.1, 0.15) is 0 Å². The van der Waals surface area contributed by atoms with Crippen molar-refractivity contribution in [2.24, 2.45) is 0 Å². The van der Waals surface area contributed by atoms with Gasteiger partial charge in [0.2, 0.25) is 0 Å². The Bertz CT molecular complexity index is 619. The molecule has 0 saturated carbocycles. The van der Waals surface area contributed by atoms with Crippen LogP contribution in [0, 0.1) is 0 Å². The first-order valence-electron chi connectivity index (χ1n) is 7.65. The van der Waals surface area contributed by atoms with Gasteiger partial charge in [0, 0.05) is 40.0 Å². The van der Waals surface area contributed by atoms with E-state index in [1.165, 1.54) is 15.5 Å². The second-order valence-electron chi connectivity index (χ2n) is 5.90. The summed E-state index contributed by atoms with van der Waals surface area (Å²) in [5.41, 5.74) is 1.32. The highest BCUT2D eigenvalue weighted by molar-refractivity contribution is 7.99. The fourth-order valence-electron chi connectivity index (χ4n) is 2.96. The van der Waals surface area contributed by atoms with E-state index in [0.29, 0.717) is 12.1 Å². The van der Waals surface area contributed by atoms with E-state index in [2.05, 4.69) is 60.5 Å². The number of piperazine rings is 1. The van der Waals surface area contributed by atoms with Crippen LogP contribution in [0.2, 0.25) is 5.02 Å². The smallest absolute Gasteiger partial charge is 0.0509 e. The minimum Gasteiger partial charge on any atom is -0.368 e. The lowest BCUT2D eigenvalue weighted by Gasteiger charge is -2.38. The molecule has 1 fully saturated rings. The molecule has 0 amide bonds. The van der Waals surface area contributed by atoms with Crippen LogP contribution >= 0.6 is 23.4 Å². The molecule has 0 bridgehead atoms.